The molecule has 0 aromatic carbocycles. The first kappa shape index (κ1) is 18.7. The van der Waals surface area contributed by atoms with Crippen LogP contribution in [0.25, 0.3) is 0 Å². The van der Waals surface area contributed by atoms with Gasteiger partial charge in [-0.1, -0.05) is 13.0 Å². The van der Waals surface area contributed by atoms with Crippen molar-refractivity contribution in [3.8, 4) is 0 Å². The molecule has 2 rings (SSSR count). The van der Waals surface area contributed by atoms with Crippen molar-refractivity contribution in [2.45, 2.75) is 38.6 Å². The minimum absolute atomic E-state index is 0. The van der Waals surface area contributed by atoms with E-state index in [9.17, 15) is 0 Å². The number of thiophene rings is 1. The van der Waals surface area contributed by atoms with E-state index in [1.54, 1.807) is 11.3 Å². The van der Waals surface area contributed by atoms with Gasteiger partial charge in [-0.25, -0.2) is 0 Å². The third-order valence-electron chi connectivity index (χ3n) is 3.86. The molecule has 3 N–H and O–H groups in total. The van der Waals surface area contributed by atoms with Crippen LogP contribution < -0.4 is 11.1 Å². The summed E-state index contributed by atoms with van der Waals surface area (Å²) in [6, 6.07) is 4.79. The monoisotopic (exact) mass is 422 g/mol. The number of halogens is 1. The zero-order chi connectivity index (χ0) is 14.2. The lowest BCUT2D eigenvalue weighted by Gasteiger charge is -2.24. The van der Waals surface area contributed by atoms with Gasteiger partial charge >= 0.3 is 0 Å². The molecule has 0 aliphatic carbocycles. The van der Waals surface area contributed by atoms with E-state index in [2.05, 4.69) is 39.6 Å². The predicted octanol–water partition coefficient (Wildman–Crippen LogP) is 2.69. The van der Waals surface area contributed by atoms with Crippen molar-refractivity contribution in [1.82, 2.24) is 10.2 Å². The molecule has 0 spiro atoms. The molecule has 4 nitrogen and oxygen atoms in total. The molecule has 1 saturated heterocycles. The highest BCUT2D eigenvalue weighted by Crippen LogP contribution is 2.14. The fraction of sp³-hybridized carbons (Fsp3) is 0.667. The maximum atomic E-state index is 5.94. The Kier molecular flexibility index (Phi) is 9.26. The van der Waals surface area contributed by atoms with E-state index in [0.29, 0.717) is 12.0 Å². The maximum Gasteiger partial charge on any atom is 0.188 e. The summed E-state index contributed by atoms with van der Waals surface area (Å²) in [5.74, 6) is 0.583. The minimum atomic E-state index is 0. The molecular weight excluding hydrogens is 395 g/mol. The van der Waals surface area contributed by atoms with Gasteiger partial charge < -0.3 is 11.1 Å². The van der Waals surface area contributed by atoms with Gasteiger partial charge in [0.15, 0.2) is 5.96 Å². The van der Waals surface area contributed by atoms with Crippen LogP contribution in [0.2, 0.25) is 0 Å². The van der Waals surface area contributed by atoms with Gasteiger partial charge in [-0.3, -0.25) is 9.89 Å². The molecule has 1 aliphatic heterocycles. The predicted molar refractivity (Wildman–Crippen MR) is 103 cm³/mol. The van der Waals surface area contributed by atoms with E-state index < -0.39 is 0 Å². The first-order chi connectivity index (χ1) is 9.79. The molecule has 120 valence electrons. The number of guanidine groups is 1. The van der Waals surface area contributed by atoms with Gasteiger partial charge in [-0.05, 0) is 50.2 Å². The molecular formula is C15H27IN4S. The van der Waals surface area contributed by atoms with E-state index in [0.717, 1.165) is 25.9 Å². The quantitative estimate of drug-likeness (QED) is 0.404. The summed E-state index contributed by atoms with van der Waals surface area (Å²) in [5, 5.41) is 5.31. The number of nitrogens with zero attached hydrogens (tertiary/aromatic N) is 2. The highest BCUT2D eigenvalue weighted by molar-refractivity contribution is 14.0. The summed E-state index contributed by atoms with van der Waals surface area (Å²) in [5.41, 5.74) is 5.94. The number of likely N-dealkylation sites (tertiary alicyclic amines) is 1. The average Bonchev–Trinajstić information content (AvgIpc) is 3.12. The van der Waals surface area contributed by atoms with Gasteiger partial charge in [0.2, 0.25) is 0 Å². The molecule has 1 aromatic rings. The molecule has 2 heterocycles. The maximum absolute atomic E-state index is 5.94. The van der Waals surface area contributed by atoms with Gasteiger partial charge in [-0.15, -0.1) is 35.3 Å². The fourth-order valence-electron chi connectivity index (χ4n) is 2.64. The van der Waals surface area contributed by atoms with Crippen molar-refractivity contribution in [3.05, 3.63) is 22.4 Å². The summed E-state index contributed by atoms with van der Waals surface area (Å²) in [7, 11) is 0. The summed E-state index contributed by atoms with van der Waals surface area (Å²) < 4.78 is 0. The molecule has 1 atom stereocenters. The molecule has 1 aliphatic rings. The molecule has 21 heavy (non-hydrogen) atoms. The topological polar surface area (TPSA) is 53.6 Å². The zero-order valence-corrected chi connectivity index (χ0v) is 15.9. The van der Waals surface area contributed by atoms with Crippen molar-refractivity contribution in [2.75, 3.05) is 26.2 Å². The fourth-order valence-corrected chi connectivity index (χ4v) is 3.35. The first-order valence-corrected chi connectivity index (χ1v) is 8.47. The highest BCUT2D eigenvalue weighted by atomic mass is 127. The van der Waals surface area contributed by atoms with Crippen molar-refractivity contribution in [1.29, 1.82) is 0 Å². The third-order valence-corrected chi connectivity index (χ3v) is 4.79. The third kappa shape index (κ3) is 6.52. The second kappa shape index (κ2) is 10.4. The van der Waals surface area contributed by atoms with Crippen LogP contribution in [0.15, 0.2) is 22.5 Å². The van der Waals surface area contributed by atoms with Crippen LogP contribution in [0.3, 0.4) is 0 Å². The Bertz CT molecular complexity index is 402. The van der Waals surface area contributed by atoms with Crippen molar-refractivity contribution >= 4 is 41.3 Å². The molecule has 1 fully saturated rings. The van der Waals surface area contributed by atoms with Gasteiger partial charge in [0, 0.05) is 17.5 Å². The Hall–Kier alpha value is -0.340. The normalized spacial score (nSPS) is 17.5. The van der Waals surface area contributed by atoms with Gasteiger partial charge in [0.1, 0.15) is 0 Å². The number of nitrogens with one attached hydrogen (secondary N) is 1. The Balaban J connectivity index is 0.00000220. The second-order valence-corrected chi connectivity index (χ2v) is 6.32. The number of hydrogen-bond acceptors (Lipinski definition) is 3. The Morgan fingerprint density at radius 3 is 2.86 bits per heavy atom. The van der Waals surface area contributed by atoms with Crippen LogP contribution in [0.4, 0.5) is 0 Å². The van der Waals surface area contributed by atoms with E-state index in [4.69, 9.17) is 5.73 Å². The number of nitrogens with two attached hydrogens (primary N) is 1. The van der Waals surface area contributed by atoms with E-state index in [1.807, 2.05) is 0 Å². The lowest BCUT2D eigenvalue weighted by atomic mass is 10.2. The summed E-state index contributed by atoms with van der Waals surface area (Å²) in [6.45, 7) is 6.35. The number of rotatable bonds is 7. The molecule has 0 saturated carbocycles. The summed E-state index contributed by atoms with van der Waals surface area (Å²) >= 11 is 1.79. The Morgan fingerprint density at radius 1 is 1.48 bits per heavy atom. The van der Waals surface area contributed by atoms with Crippen LogP contribution >= 0.6 is 35.3 Å². The summed E-state index contributed by atoms with van der Waals surface area (Å²) in [6.07, 6.45) is 4.81. The van der Waals surface area contributed by atoms with Gasteiger partial charge in [-0.2, -0.15) is 0 Å². The zero-order valence-electron chi connectivity index (χ0n) is 12.8. The van der Waals surface area contributed by atoms with E-state index in [1.165, 1.54) is 30.8 Å². The van der Waals surface area contributed by atoms with Crippen molar-refractivity contribution < 1.29 is 0 Å². The van der Waals surface area contributed by atoms with Crippen LogP contribution in [-0.4, -0.2) is 43.1 Å². The SMILES string of the molecule is CCC(CN=C(N)NCCc1cccs1)N1CCCC1.I. The molecule has 1 aromatic heterocycles. The van der Waals surface area contributed by atoms with Gasteiger partial charge in [0.25, 0.3) is 0 Å². The van der Waals surface area contributed by atoms with Crippen LogP contribution in [0.5, 0.6) is 0 Å². The average molecular weight is 422 g/mol. The molecule has 0 amide bonds. The summed E-state index contributed by atoms with van der Waals surface area (Å²) in [4.78, 5) is 8.43. The lowest BCUT2D eigenvalue weighted by molar-refractivity contribution is 0.242. The Morgan fingerprint density at radius 2 is 2.24 bits per heavy atom. The lowest BCUT2D eigenvalue weighted by Crippen LogP contribution is -2.38. The standard InChI is InChI=1S/C15H26N4S.HI/c1-2-13(19-9-3-4-10-19)12-18-15(16)17-8-7-14-6-5-11-20-14;/h5-6,11,13H,2-4,7-10,12H2,1H3,(H3,16,17,18);1H. The number of hydrogen-bond donors (Lipinski definition) is 2. The molecule has 0 radical (unpaired) electrons. The largest absolute Gasteiger partial charge is 0.370 e. The minimum Gasteiger partial charge on any atom is -0.370 e. The van der Waals surface area contributed by atoms with Crippen LogP contribution in [0.1, 0.15) is 31.1 Å². The van der Waals surface area contributed by atoms with Gasteiger partial charge in [0.05, 0.1) is 6.54 Å². The molecule has 1 unspecified atom stereocenters. The van der Waals surface area contributed by atoms with Crippen LogP contribution in [0, 0.1) is 0 Å². The van der Waals surface area contributed by atoms with E-state index >= 15 is 0 Å². The van der Waals surface area contributed by atoms with Crippen molar-refractivity contribution in [3.63, 3.8) is 0 Å². The van der Waals surface area contributed by atoms with Crippen LogP contribution in [-0.2, 0) is 6.42 Å². The van der Waals surface area contributed by atoms with E-state index in [-0.39, 0.29) is 24.0 Å². The highest BCUT2D eigenvalue weighted by Gasteiger charge is 2.19. The smallest absolute Gasteiger partial charge is 0.188 e. The van der Waals surface area contributed by atoms with Crippen molar-refractivity contribution in [2.24, 2.45) is 10.7 Å². The Labute approximate surface area is 149 Å². The number of aliphatic imine (C=N–C) groups is 1. The second-order valence-electron chi connectivity index (χ2n) is 5.29. The molecule has 0 bridgehead atoms. The first-order valence-electron chi connectivity index (χ1n) is 7.60. The molecule has 6 heteroatoms.